The van der Waals surface area contributed by atoms with Gasteiger partial charge in [0.15, 0.2) is 11.5 Å². The van der Waals surface area contributed by atoms with Gasteiger partial charge in [-0.25, -0.2) is 9.59 Å². The highest BCUT2D eigenvalue weighted by Gasteiger charge is 2.27. The molecule has 2 aromatic carbocycles. The first-order valence-electron chi connectivity index (χ1n) is 8.21. The van der Waals surface area contributed by atoms with Crippen molar-refractivity contribution in [3.8, 4) is 17.2 Å². The van der Waals surface area contributed by atoms with Crippen LogP contribution in [0.15, 0.2) is 30.3 Å². The second-order valence-electron chi connectivity index (χ2n) is 5.79. The van der Waals surface area contributed by atoms with Crippen LogP contribution in [0.2, 0.25) is 0 Å². The minimum Gasteiger partial charge on any atom is -0.504 e. The van der Waals surface area contributed by atoms with Crippen LogP contribution in [0.25, 0.3) is 0 Å². The maximum atomic E-state index is 12.1. The molecule has 0 spiro atoms. The summed E-state index contributed by atoms with van der Waals surface area (Å²) in [5, 5.41) is 32.5. The van der Waals surface area contributed by atoms with Gasteiger partial charge in [-0.15, -0.1) is 0 Å². The van der Waals surface area contributed by atoms with Crippen molar-refractivity contribution in [2.24, 2.45) is 0 Å². The largest absolute Gasteiger partial charge is 0.504 e. The molecule has 138 valence electrons. The molecule has 0 heterocycles. The Morgan fingerprint density at radius 3 is 2.35 bits per heavy atom. The minimum absolute atomic E-state index is 0.247. The number of rotatable bonds is 6. The Morgan fingerprint density at radius 2 is 1.77 bits per heavy atom. The van der Waals surface area contributed by atoms with Crippen molar-refractivity contribution in [3.05, 3.63) is 47.0 Å². The zero-order valence-corrected chi connectivity index (χ0v) is 14.6. The molecule has 0 saturated heterocycles. The molecule has 0 aliphatic rings. The number of carbonyl (C=O) groups excluding carboxylic acids is 1. The normalized spacial score (nSPS) is 10.4. The van der Waals surface area contributed by atoms with Crippen LogP contribution in [0.1, 0.15) is 41.3 Å². The predicted molar refractivity (Wildman–Crippen MR) is 96.2 cm³/mol. The highest BCUT2D eigenvalue weighted by Crippen LogP contribution is 2.44. The van der Waals surface area contributed by atoms with Crippen molar-refractivity contribution < 1.29 is 29.6 Å². The summed E-state index contributed by atoms with van der Waals surface area (Å²) in [6.45, 7) is 3.46. The lowest BCUT2D eigenvalue weighted by atomic mass is 9.95. The first kappa shape index (κ1) is 19.1. The number of anilines is 1. The summed E-state index contributed by atoms with van der Waals surface area (Å²) in [6.07, 6.45) is 0.968. The molecule has 0 bridgehead atoms. The van der Waals surface area contributed by atoms with E-state index in [4.69, 9.17) is 4.74 Å². The average Bonchev–Trinajstić information content (AvgIpc) is 2.59. The van der Waals surface area contributed by atoms with Crippen molar-refractivity contribution >= 4 is 17.7 Å². The summed E-state index contributed by atoms with van der Waals surface area (Å²) >= 11 is 0. The van der Waals surface area contributed by atoms with Gasteiger partial charge in [0, 0.05) is 11.3 Å². The molecule has 0 aliphatic carbocycles. The van der Waals surface area contributed by atoms with Gasteiger partial charge in [-0.2, -0.15) is 0 Å². The van der Waals surface area contributed by atoms with Crippen molar-refractivity contribution in [3.63, 3.8) is 0 Å². The number of carboxylic acid groups (broad SMARTS) is 1. The molecular weight excluding hydrogens is 338 g/mol. The molecule has 7 nitrogen and oxygen atoms in total. The fraction of sp³-hybridized carbons (Fsp3) is 0.263. The highest BCUT2D eigenvalue weighted by molar-refractivity contribution is 5.96. The maximum Gasteiger partial charge on any atom is 0.417 e. The van der Waals surface area contributed by atoms with E-state index in [-0.39, 0.29) is 5.56 Å². The number of carbonyl (C=O) groups is 2. The Bertz CT molecular complexity index is 817. The fourth-order valence-electron chi connectivity index (χ4n) is 2.64. The third kappa shape index (κ3) is 4.05. The summed E-state index contributed by atoms with van der Waals surface area (Å²) < 4.78 is 5.03. The van der Waals surface area contributed by atoms with Gasteiger partial charge in [0.05, 0.1) is 0 Å². The lowest BCUT2D eigenvalue weighted by molar-refractivity contribution is 0.0691. The first-order valence-corrected chi connectivity index (χ1v) is 8.21. The van der Waals surface area contributed by atoms with E-state index in [0.717, 1.165) is 6.42 Å². The lowest BCUT2D eigenvalue weighted by Crippen LogP contribution is -2.18. The number of unbranched alkanes of at least 4 members (excludes halogenated alkanes) is 1. The molecule has 0 unspecified atom stereocenters. The SMILES string of the molecule is CCCCc1c(C)c(C(=O)O)c(O)c(OC(=O)Nc2ccccc2)c1O. The Morgan fingerprint density at radius 1 is 1.12 bits per heavy atom. The number of hydrogen-bond donors (Lipinski definition) is 4. The zero-order valence-electron chi connectivity index (χ0n) is 14.6. The molecule has 0 aromatic heterocycles. The molecule has 4 N–H and O–H groups in total. The van der Waals surface area contributed by atoms with Gasteiger partial charge >= 0.3 is 12.1 Å². The summed E-state index contributed by atoms with van der Waals surface area (Å²) in [7, 11) is 0. The quantitative estimate of drug-likeness (QED) is 0.618. The van der Waals surface area contributed by atoms with Crippen molar-refractivity contribution in [1.82, 2.24) is 0 Å². The maximum absolute atomic E-state index is 12.1. The molecule has 7 heteroatoms. The molecule has 0 radical (unpaired) electrons. The number of benzene rings is 2. The third-order valence-corrected chi connectivity index (χ3v) is 3.99. The number of aromatic carboxylic acids is 1. The van der Waals surface area contributed by atoms with Gasteiger partial charge in [-0.05, 0) is 37.5 Å². The number of para-hydroxylation sites is 1. The smallest absolute Gasteiger partial charge is 0.417 e. The Balaban J connectivity index is 2.41. The summed E-state index contributed by atoms with van der Waals surface area (Å²) in [6, 6.07) is 8.45. The van der Waals surface area contributed by atoms with Crippen LogP contribution < -0.4 is 10.1 Å². The number of aromatic hydroxyl groups is 2. The number of carboxylic acids is 1. The lowest BCUT2D eigenvalue weighted by Gasteiger charge is -2.17. The van der Waals surface area contributed by atoms with Crippen LogP contribution in [0.3, 0.4) is 0 Å². The van der Waals surface area contributed by atoms with E-state index in [1.165, 1.54) is 6.92 Å². The molecule has 26 heavy (non-hydrogen) atoms. The molecule has 1 amide bonds. The molecule has 0 fully saturated rings. The Kier molecular flexibility index (Phi) is 6.06. The average molecular weight is 359 g/mol. The van der Waals surface area contributed by atoms with Gasteiger partial charge < -0.3 is 20.1 Å². The minimum atomic E-state index is -1.37. The standard InChI is InChI=1S/C19H21NO6/c1-3-4-10-13-11(2)14(18(23)24)16(22)17(15(13)21)26-19(25)20-12-8-6-5-7-9-12/h5-9,21-22H,3-4,10H2,1-2H3,(H,20,25)(H,23,24). The van der Waals surface area contributed by atoms with Gasteiger partial charge in [0.25, 0.3) is 0 Å². The number of nitrogens with one attached hydrogen (secondary N) is 1. The first-order chi connectivity index (χ1) is 12.4. The monoisotopic (exact) mass is 359 g/mol. The Hall–Kier alpha value is -3.22. The molecule has 0 atom stereocenters. The van der Waals surface area contributed by atoms with Gasteiger partial charge in [0.2, 0.25) is 5.75 Å². The molecule has 2 rings (SSSR count). The van der Waals surface area contributed by atoms with Gasteiger partial charge in [-0.3, -0.25) is 5.32 Å². The number of hydrogen-bond acceptors (Lipinski definition) is 5. The van der Waals surface area contributed by atoms with Crippen LogP contribution in [0, 0.1) is 6.92 Å². The molecule has 0 saturated carbocycles. The highest BCUT2D eigenvalue weighted by atomic mass is 16.6. The van der Waals surface area contributed by atoms with E-state index in [9.17, 15) is 24.9 Å². The van der Waals surface area contributed by atoms with Crippen molar-refractivity contribution in [2.45, 2.75) is 33.1 Å². The Labute approximate surface area is 150 Å². The van der Waals surface area contributed by atoms with E-state index in [1.54, 1.807) is 30.3 Å². The van der Waals surface area contributed by atoms with Gasteiger partial charge in [-0.1, -0.05) is 31.5 Å². The van der Waals surface area contributed by atoms with Crippen LogP contribution in [0.5, 0.6) is 17.2 Å². The van der Waals surface area contributed by atoms with Gasteiger partial charge in [0.1, 0.15) is 5.56 Å². The second-order valence-corrected chi connectivity index (χ2v) is 5.79. The van der Waals surface area contributed by atoms with E-state index in [1.807, 2.05) is 6.92 Å². The van der Waals surface area contributed by atoms with E-state index in [0.29, 0.717) is 24.1 Å². The van der Waals surface area contributed by atoms with E-state index < -0.39 is 34.9 Å². The zero-order chi connectivity index (χ0) is 19.3. The van der Waals surface area contributed by atoms with Crippen LogP contribution in [-0.4, -0.2) is 27.4 Å². The van der Waals surface area contributed by atoms with Crippen LogP contribution in [0.4, 0.5) is 10.5 Å². The number of phenols is 2. The molecule has 0 aliphatic heterocycles. The number of amides is 1. The topological polar surface area (TPSA) is 116 Å². The summed E-state index contributed by atoms with van der Waals surface area (Å²) in [5.41, 5.74) is 0.644. The van der Waals surface area contributed by atoms with Crippen molar-refractivity contribution in [1.29, 1.82) is 0 Å². The van der Waals surface area contributed by atoms with Crippen LogP contribution >= 0.6 is 0 Å². The third-order valence-electron chi connectivity index (χ3n) is 3.99. The number of ether oxygens (including phenoxy) is 1. The van der Waals surface area contributed by atoms with Crippen LogP contribution in [-0.2, 0) is 6.42 Å². The molecular formula is C19H21NO6. The second kappa shape index (κ2) is 8.24. The number of phenolic OH excluding ortho intramolecular Hbond substituents is 1. The summed E-state index contributed by atoms with van der Waals surface area (Å²) in [5.74, 6) is -3.14. The summed E-state index contributed by atoms with van der Waals surface area (Å²) in [4.78, 5) is 23.6. The van der Waals surface area contributed by atoms with E-state index in [2.05, 4.69) is 5.32 Å². The van der Waals surface area contributed by atoms with Crippen molar-refractivity contribution in [2.75, 3.05) is 5.32 Å². The fourth-order valence-corrected chi connectivity index (χ4v) is 2.64. The molecule has 2 aromatic rings. The van der Waals surface area contributed by atoms with E-state index >= 15 is 0 Å². The predicted octanol–water partition coefficient (Wildman–Crippen LogP) is 4.06.